The summed E-state index contributed by atoms with van der Waals surface area (Å²) in [5.74, 6) is 0.777. The van der Waals surface area contributed by atoms with Crippen molar-refractivity contribution in [3.8, 4) is 0 Å². The number of fused-ring (bicyclic) bond motifs is 1. The molecule has 0 bridgehead atoms. The van der Waals surface area contributed by atoms with Gasteiger partial charge in [0.1, 0.15) is 0 Å². The lowest BCUT2D eigenvalue weighted by Crippen LogP contribution is -2.49. The monoisotopic (exact) mass is 260 g/mol. The van der Waals surface area contributed by atoms with Crippen molar-refractivity contribution in [2.45, 2.75) is 39.3 Å². The fourth-order valence-corrected chi connectivity index (χ4v) is 2.58. The summed E-state index contributed by atoms with van der Waals surface area (Å²) in [7, 11) is 1.91. The molecule has 0 spiro atoms. The molecule has 1 aromatic rings. The minimum Gasteiger partial charge on any atom is -0.344 e. The Bertz CT molecular complexity index is 444. The molecule has 1 amide bonds. The summed E-state index contributed by atoms with van der Waals surface area (Å²) in [6, 6.07) is 8.30. The van der Waals surface area contributed by atoms with Crippen LogP contribution in [0.2, 0.25) is 0 Å². The lowest BCUT2D eigenvalue weighted by atomic mass is 9.95. The third-order valence-electron chi connectivity index (χ3n) is 4.04. The van der Waals surface area contributed by atoms with Crippen molar-refractivity contribution < 1.29 is 4.79 Å². The standard InChI is InChI=1S/C16H24N2O/c1-4-12(2)11-18(3)16(19)15-9-13-7-5-6-8-14(13)10-17-15/h5-8,12,15,17H,4,9-11H2,1-3H3/t12?,15-/m1/s1. The van der Waals surface area contributed by atoms with Gasteiger partial charge >= 0.3 is 0 Å². The van der Waals surface area contributed by atoms with Crippen LogP contribution in [0.25, 0.3) is 0 Å². The minimum atomic E-state index is -0.0658. The molecule has 2 rings (SSSR count). The van der Waals surface area contributed by atoms with Gasteiger partial charge in [0.15, 0.2) is 0 Å². The molecule has 1 aromatic carbocycles. The summed E-state index contributed by atoms with van der Waals surface area (Å²) in [5.41, 5.74) is 2.62. The number of hydrogen-bond acceptors (Lipinski definition) is 2. The summed E-state index contributed by atoms with van der Waals surface area (Å²) >= 11 is 0. The number of carbonyl (C=O) groups excluding carboxylic acids is 1. The SMILES string of the molecule is CCC(C)CN(C)C(=O)[C@H]1Cc2ccccc2CN1. The quantitative estimate of drug-likeness (QED) is 0.900. The van der Waals surface area contributed by atoms with Crippen molar-refractivity contribution in [2.24, 2.45) is 5.92 Å². The third-order valence-corrected chi connectivity index (χ3v) is 4.04. The zero-order chi connectivity index (χ0) is 13.8. The molecule has 0 fully saturated rings. The van der Waals surface area contributed by atoms with E-state index in [4.69, 9.17) is 0 Å². The predicted molar refractivity (Wildman–Crippen MR) is 77.9 cm³/mol. The molecule has 0 saturated heterocycles. The molecular weight excluding hydrogens is 236 g/mol. The Balaban J connectivity index is 1.98. The first-order chi connectivity index (χ1) is 9.11. The molecule has 0 saturated carbocycles. The predicted octanol–water partition coefficient (Wildman–Crippen LogP) is 2.21. The molecule has 1 heterocycles. The van der Waals surface area contributed by atoms with Gasteiger partial charge in [-0.05, 0) is 23.5 Å². The summed E-state index contributed by atoms with van der Waals surface area (Å²) < 4.78 is 0. The van der Waals surface area contributed by atoms with Crippen LogP contribution in [-0.4, -0.2) is 30.4 Å². The maximum Gasteiger partial charge on any atom is 0.239 e. The van der Waals surface area contributed by atoms with E-state index in [1.807, 2.05) is 11.9 Å². The Morgan fingerprint density at radius 3 is 2.79 bits per heavy atom. The molecule has 19 heavy (non-hydrogen) atoms. The second-order valence-electron chi connectivity index (χ2n) is 5.64. The highest BCUT2D eigenvalue weighted by Crippen LogP contribution is 2.17. The maximum absolute atomic E-state index is 12.4. The molecule has 3 nitrogen and oxygen atoms in total. The normalized spacial score (nSPS) is 19.6. The van der Waals surface area contributed by atoms with Gasteiger partial charge in [0.05, 0.1) is 6.04 Å². The summed E-state index contributed by atoms with van der Waals surface area (Å²) in [5, 5.41) is 3.36. The molecule has 1 unspecified atom stereocenters. The van der Waals surface area contributed by atoms with E-state index in [1.54, 1.807) is 0 Å². The van der Waals surface area contributed by atoms with Gasteiger partial charge in [-0.25, -0.2) is 0 Å². The number of nitrogens with zero attached hydrogens (tertiary/aromatic N) is 1. The van der Waals surface area contributed by atoms with Crippen LogP contribution < -0.4 is 5.32 Å². The number of carbonyl (C=O) groups is 1. The number of hydrogen-bond donors (Lipinski definition) is 1. The van der Waals surface area contributed by atoms with E-state index in [2.05, 4.69) is 43.4 Å². The highest BCUT2D eigenvalue weighted by Gasteiger charge is 2.26. The van der Waals surface area contributed by atoms with Crippen molar-refractivity contribution in [3.63, 3.8) is 0 Å². The molecule has 1 aliphatic heterocycles. The zero-order valence-corrected chi connectivity index (χ0v) is 12.1. The Labute approximate surface area is 116 Å². The van der Waals surface area contributed by atoms with Crippen molar-refractivity contribution in [2.75, 3.05) is 13.6 Å². The Morgan fingerprint density at radius 2 is 2.11 bits per heavy atom. The van der Waals surface area contributed by atoms with E-state index < -0.39 is 0 Å². The topological polar surface area (TPSA) is 32.3 Å². The van der Waals surface area contributed by atoms with Gasteiger partial charge in [-0.1, -0.05) is 44.5 Å². The van der Waals surface area contributed by atoms with Crippen molar-refractivity contribution >= 4 is 5.91 Å². The number of nitrogens with one attached hydrogen (secondary N) is 1. The van der Waals surface area contributed by atoms with Gasteiger partial charge in [0.2, 0.25) is 5.91 Å². The fourth-order valence-electron chi connectivity index (χ4n) is 2.58. The van der Waals surface area contributed by atoms with E-state index in [9.17, 15) is 4.79 Å². The molecule has 2 atom stereocenters. The van der Waals surface area contributed by atoms with Gasteiger partial charge in [0, 0.05) is 20.1 Å². The first kappa shape index (κ1) is 14.1. The second-order valence-corrected chi connectivity index (χ2v) is 5.64. The highest BCUT2D eigenvalue weighted by molar-refractivity contribution is 5.82. The number of amides is 1. The molecule has 0 radical (unpaired) electrons. The molecule has 1 aliphatic rings. The molecule has 104 valence electrons. The average molecular weight is 260 g/mol. The minimum absolute atomic E-state index is 0.0658. The molecule has 0 aliphatic carbocycles. The second kappa shape index (κ2) is 6.20. The van der Waals surface area contributed by atoms with Crippen LogP contribution in [0.1, 0.15) is 31.4 Å². The molecule has 3 heteroatoms. The first-order valence-corrected chi connectivity index (χ1v) is 7.17. The Morgan fingerprint density at radius 1 is 1.42 bits per heavy atom. The summed E-state index contributed by atoms with van der Waals surface area (Å²) in [4.78, 5) is 14.3. The molecular formula is C16H24N2O. The van der Waals surface area contributed by atoms with Crippen LogP contribution in [0.3, 0.4) is 0 Å². The number of benzene rings is 1. The Hall–Kier alpha value is -1.35. The largest absolute Gasteiger partial charge is 0.344 e. The van der Waals surface area contributed by atoms with E-state index in [0.717, 1.165) is 25.9 Å². The van der Waals surface area contributed by atoms with Crippen LogP contribution in [-0.2, 0) is 17.8 Å². The molecule has 0 aromatic heterocycles. The highest BCUT2D eigenvalue weighted by atomic mass is 16.2. The lowest BCUT2D eigenvalue weighted by molar-refractivity contribution is -0.132. The van der Waals surface area contributed by atoms with Crippen molar-refractivity contribution in [3.05, 3.63) is 35.4 Å². The van der Waals surface area contributed by atoms with E-state index in [-0.39, 0.29) is 11.9 Å². The van der Waals surface area contributed by atoms with Crippen LogP contribution in [0, 0.1) is 5.92 Å². The first-order valence-electron chi connectivity index (χ1n) is 7.17. The van der Waals surface area contributed by atoms with E-state index >= 15 is 0 Å². The summed E-state index contributed by atoms with van der Waals surface area (Å²) in [6.45, 7) is 5.99. The van der Waals surface area contributed by atoms with Gasteiger partial charge in [-0.3, -0.25) is 4.79 Å². The van der Waals surface area contributed by atoms with Crippen molar-refractivity contribution in [1.82, 2.24) is 10.2 Å². The zero-order valence-electron chi connectivity index (χ0n) is 12.1. The average Bonchev–Trinajstić information content (AvgIpc) is 2.45. The summed E-state index contributed by atoms with van der Waals surface area (Å²) in [6.07, 6.45) is 1.92. The Kier molecular flexibility index (Phi) is 4.59. The van der Waals surface area contributed by atoms with Gasteiger partial charge in [-0.2, -0.15) is 0 Å². The van der Waals surface area contributed by atoms with Crippen molar-refractivity contribution in [1.29, 1.82) is 0 Å². The number of rotatable bonds is 4. The maximum atomic E-state index is 12.4. The van der Waals surface area contributed by atoms with Gasteiger partial charge < -0.3 is 10.2 Å². The van der Waals surface area contributed by atoms with Gasteiger partial charge in [0.25, 0.3) is 0 Å². The lowest BCUT2D eigenvalue weighted by Gasteiger charge is -2.30. The van der Waals surface area contributed by atoms with Crippen LogP contribution in [0.15, 0.2) is 24.3 Å². The smallest absolute Gasteiger partial charge is 0.239 e. The van der Waals surface area contributed by atoms with Crippen LogP contribution in [0.5, 0.6) is 0 Å². The van der Waals surface area contributed by atoms with Crippen LogP contribution >= 0.6 is 0 Å². The fraction of sp³-hybridized carbons (Fsp3) is 0.562. The van der Waals surface area contributed by atoms with E-state index in [0.29, 0.717) is 5.92 Å². The third kappa shape index (κ3) is 3.35. The van der Waals surface area contributed by atoms with E-state index in [1.165, 1.54) is 11.1 Å². The van der Waals surface area contributed by atoms with Gasteiger partial charge in [-0.15, -0.1) is 0 Å². The molecule has 1 N–H and O–H groups in total. The van der Waals surface area contributed by atoms with Crippen LogP contribution in [0.4, 0.5) is 0 Å². The number of likely N-dealkylation sites (N-methyl/N-ethyl adjacent to an activating group) is 1.